The number of rotatable bonds is 5. The summed E-state index contributed by atoms with van der Waals surface area (Å²) in [6.45, 7) is 8.09. The number of nitrogens with zero attached hydrogens (tertiary/aromatic N) is 3. The molecular formula is C17H44I2N8O9. The van der Waals surface area contributed by atoms with E-state index in [2.05, 4.69) is 74.7 Å². The van der Waals surface area contributed by atoms with Gasteiger partial charge in [-0.05, 0) is 13.8 Å². The van der Waals surface area contributed by atoms with Gasteiger partial charge in [-0.3, -0.25) is 31.3 Å². The van der Waals surface area contributed by atoms with E-state index in [1.54, 1.807) is 41.9 Å². The van der Waals surface area contributed by atoms with Gasteiger partial charge in [-0.15, -0.1) is 0 Å². The number of aliphatic imine (C=N–C) groups is 1. The number of isocyanates is 1. The molecule has 1 heterocycles. The third kappa shape index (κ3) is 53.7. The van der Waals surface area contributed by atoms with Crippen LogP contribution in [-0.4, -0.2) is 76.2 Å². The Bertz CT molecular complexity index is 638. The summed E-state index contributed by atoms with van der Waals surface area (Å²) in [7, 11) is 4.58. The van der Waals surface area contributed by atoms with Gasteiger partial charge in [0, 0.05) is 77.9 Å². The molecule has 0 aliphatic heterocycles. The summed E-state index contributed by atoms with van der Waals surface area (Å²) in [6, 6.07) is 0. The van der Waals surface area contributed by atoms with Crippen LogP contribution in [0.25, 0.3) is 0 Å². The Balaban J connectivity index is -0.0000000453. The lowest BCUT2D eigenvalue weighted by Gasteiger charge is -1.94. The molecule has 17 nitrogen and oxygen atoms in total. The van der Waals surface area contributed by atoms with E-state index in [-0.39, 0.29) is 35.1 Å². The lowest BCUT2D eigenvalue weighted by Crippen LogP contribution is -2.28. The van der Waals surface area contributed by atoms with E-state index in [1.807, 2.05) is 5.43 Å². The minimum Gasteiger partial charge on any atom is -0.466 e. The van der Waals surface area contributed by atoms with Gasteiger partial charge in [0.25, 0.3) is 0 Å². The average molecular weight is 758 g/mol. The van der Waals surface area contributed by atoms with Crippen molar-refractivity contribution in [2.45, 2.75) is 47.1 Å². The molecule has 0 bridgehead atoms. The summed E-state index contributed by atoms with van der Waals surface area (Å²) in [6.07, 6.45) is 2.24. The smallest absolute Gasteiger partial charge is 0.343 e. The summed E-state index contributed by atoms with van der Waals surface area (Å²) < 4.78 is 10.7. The second kappa shape index (κ2) is 54.4. The van der Waals surface area contributed by atoms with E-state index < -0.39 is 0 Å². The van der Waals surface area contributed by atoms with E-state index in [4.69, 9.17) is 14.6 Å². The van der Waals surface area contributed by atoms with E-state index in [0.717, 1.165) is 0 Å². The van der Waals surface area contributed by atoms with Crippen molar-refractivity contribution in [1.82, 2.24) is 20.2 Å². The number of aromatic nitrogens is 3. The van der Waals surface area contributed by atoms with Crippen molar-refractivity contribution < 1.29 is 39.9 Å². The minimum atomic E-state index is -0.216. The summed E-state index contributed by atoms with van der Waals surface area (Å²) in [5.41, 5.74) is 1.76. The SMILES string of the molecule is CCC(=O)NN.CCO.CCOC(=O)CC.CN=C=O.COCc1n[nH]c(=O)n1C.II.NN.O.O. The van der Waals surface area contributed by atoms with Crippen LogP contribution >= 0.6 is 37.2 Å². The highest BCUT2D eigenvalue weighted by atomic mass is 128. The molecule has 0 radical (unpaired) electrons. The number of esters is 1. The molecule has 0 aliphatic rings. The zero-order valence-electron chi connectivity index (χ0n) is 21.8. The number of aliphatic hydroxyl groups is 1. The number of nitrogens with two attached hydrogens (primary N) is 3. The van der Waals surface area contributed by atoms with Crippen LogP contribution < -0.4 is 28.6 Å². The molecule has 0 fully saturated rings. The highest BCUT2D eigenvalue weighted by Crippen LogP contribution is 1.89. The maximum absolute atomic E-state index is 10.7. The molecule has 0 unspecified atom stereocenters. The zero-order chi connectivity index (χ0) is 28.4. The first-order valence-corrected chi connectivity index (χ1v) is 15.8. The van der Waals surface area contributed by atoms with Crippen molar-refractivity contribution in [2.75, 3.05) is 27.4 Å². The number of H-pyrrole nitrogens is 1. The maximum Gasteiger partial charge on any atom is 0.343 e. The standard InChI is InChI=1S/C5H9N3O2.C5H10O2.C3H8N2O.C2H3NO.C2H6O.I2.H4N2.2H2O/c1-8-4(3-10-2)6-7-5(8)9;1-3-5(6)7-4-2;1-2-3(6)5-4;1-3-2-4;1-2-3;2*1-2;;/h3H2,1-2H3,(H,7,9);3-4H2,1-2H3;2,4H2,1H3,(H,5,6);1H3;3H,2H2,1H3;;1-2H2;2*1H2. The number of halogens is 2. The Morgan fingerprint density at radius 3 is 1.75 bits per heavy atom. The lowest BCUT2D eigenvalue weighted by molar-refractivity contribution is -0.142. The fourth-order valence-electron chi connectivity index (χ4n) is 1.00. The fraction of sp³-hybridized carbons (Fsp3) is 0.706. The normalized spacial score (nSPS) is 7.03. The van der Waals surface area contributed by atoms with Crippen molar-refractivity contribution in [3.63, 3.8) is 0 Å². The van der Waals surface area contributed by atoms with Crippen LogP contribution in [0.15, 0.2) is 9.79 Å². The number of hydrazine groups is 2. The molecule has 1 rings (SSSR count). The molecule has 0 atom stereocenters. The predicted molar refractivity (Wildman–Crippen MR) is 155 cm³/mol. The molecule has 0 saturated heterocycles. The molecule has 1 amide bonds. The number of ether oxygens (including phenoxy) is 2. The van der Waals surface area contributed by atoms with Crippen molar-refractivity contribution in [3.8, 4) is 0 Å². The monoisotopic (exact) mass is 758 g/mol. The maximum atomic E-state index is 10.7. The topological polar surface area (TPSA) is 306 Å². The first kappa shape index (κ1) is 55.1. The molecule has 0 spiro atoms. The van der Waals surface area contributed by atoms with Gasteiger partial charge in [0.15, 0.2) is 5.82 Å². The van der Waals surface area contributed by atoms with E-state index in [1.165, 1.54) is 17.7 Å². The zero-order valence-corrected chi connectivity index (χ0v) is 26.1. The average Bonchev–Trinajstić information content (AvgIpc) is 3.20. The summed E-state index contributed by atoms with van der Waals surface area (Å²) >= 11 is 4.24. The van der Waals surface area contributed by atoms with Crippen molar-refractivity contribution >= 4 is 55.2 Å². The minimum absolute atomic E-state index is 0. The van der Waals surface area contributed by atoms with Gasteiger partial charge in [0.2, 0.25) is 12.0 Å². The number of carbonyl (C=O) groups is 2. The van der Waals surface area contributed by atoms with Crippen LogP contribution in [0.3, 0.4) is 0 Å². The van der Waals surface area contributed by atoms with E-state index in [9.17, 15) is 14.4 Å². The first-order chi connectivity index (χ1) is 16.2. The highest BCUT2D eigenvalue weighted by Gasteiger charge is 2.00. The Kier molecular flexibility index (Phi) is 83.2. The summed E-state index contributed by atoms with van der Waals surface area (Å²) in [5.74, 6) is 13.0. The third-order valence-corrected chi connectivity index (χ3v) is 2.41. The van der Waals surface area contributed by atoms with Crippen molar-refractivity contribution in [3.05, 3.63) is 16.3 Å². The van der Waals surface area contributed by atoms with Gasteiger partial charge < -0.3 is 25.5 Å². The Hall–Kier alpha value is -1.56. The third-order valence-electron chi connectivity index (χ3n) is 2.41. The van der Waals surface area contributed by atoms with Gasteiger partial charge in [0.05, 0.1) is 6.61 Å². The van der Waals surface area contributed by atoms with Crippen LogP contribution in [0.2, 0.25) is 0 Å². The number of nitrogens with one attached hydrogen (secondary N) is 2. The fourth-order valence-corrected chi connectivity index (χ4v) is 1.00. The second-order valence-corrected chi connectivity index (χ2v) is 4.65. The largest absolute Gasteiger partial charge is 0.466 e. The molecule has 1 aromatic rings. The number of carbonyl (C=O) groups excluding carboxylic acids is 3. The Morgan fingerprint density at radius 2 is 1.61 bits per heavy atom. The first-order valence-electron chi connectivity index (χ1n) is 9.49. The van der Waals surface area contributed by atoms with Crippen LogP contribution in [0, 0.1) is 0 Å². The van der Waals surface area contributed by atoms with E-state index >= 15 is 0 Å². The number of amides is 1. The van der Waals surface area contributed by atoms with Crippen LogP contribution in [0.1, 0.15) is 46.4 Å². The molecule has 1 aromatic heterocycles. The van der Waals surface area contributed by atoms with E-state index in [0.29, 0.717) is 31.9 Å². The number of aliphatic hydroxyl groups excluding tert-OH is 1. The van der Waals surface area contributed by atoms with Crippen molar-refractivity contribution in [1.29, 1.82) is 0 Å². The molecule has 36 heavy (non-hydrogen) atoms. The predicted octanol–water partition coefficient (Wildman–Crippen LogP) is -1.51. The molecule has 19 heteroatoms. The Labute approximate surface area is 234 Å². The summed E-state index contributed by atoms with van der Waals surface area (Å²) in [5, 5.41) is 13.6. The second-order valence-electron chi connectivity index (χ2n) is 4.65. The molecule has 13 N–H and O–H groups in total. The molecule has 0 aliphatic carbocycles. The van der Waals surface area contributed by atoms with Crippen LogP contribution in [-0.2, 0) is 37.5 Å². The lowest BCUT2D eigenvalue weighted by atomic mass is 10.5. The van der Waals surface area contributed by atoms with Crippen molar-refractivity contribution in [2.24, 2.45) is 29.6 Å². The van der Waals surface area contributed by atoms with Crippen LogP contribution in [0.5, 0.6) is 0 Å². The summed E-state index contributed by atoms with van der Waals surface area (Å²) in [4.78, 5) is 42.7. The number of hydrogen-bond acceptors (Lipinski definition) is 12. The Morgan fingerprint density at radius 1 is 1.19 bits per heavy atom. The number of aromatic amines is 1. The highest BCUT2D eigenvalue weighted by molar-refractivity contribution is 15.0. The van der Waals surface area contributed by atoms with Gasteiger partial charge in [-0.1, -0.05) is 13.8 Å². The number of methoxy groups -OCH3 is 1. The van der Waals surface area contributed by atoms with Gasteiger partial charge in [0.1, 0.15) is 6.61 Å². The van der Waals surface area contributed by atoms with Gasteiger partial charge in [-0.2, -0.15) is 5.10 Å². The molecule has 220 valence electrons. The van der Waals surface area contributed by atoms with Crippen LogP contribution in [0.4, 0.5) is 0 Å². The quantitative estimate of drug-likeness (QED) is 0.0382. The van der Waals surface area contributed by atoms with Gasteiger partial charge >= 0.3 is 11.7 Å². The van der Waals surface area contributed by atoms with Gasteiger partial charge in [-0.25, -0.2) is 25.5 Å². The molecule has 0 aromatic carbocycles. The molecular weight excluding hydrogens is 714 g/mol. The number of hydrogen-bond donors (Lipinski definition) is 6. The molecule has 0 saturated carbocycles.